The van der Waals surface area contributed by atoms with E-state index in [4.69, 9.17) is 10.5 Å². The van der Waals surface area contributed by atoms with E-state index in [1.54, 1.807) is 11.8 Å². The lowest BCUT2D eigenvalue weighted by molar-refractivity contribution is 0.243. The monoisotopic (exact) mass is 301 g/mol. The van der Waals surface area contributed by atoms with Gasteiger partial charge in [-0.2, -0.15) is 0 Å². The molecule has 0 bridgehead atoms. The van der Waals surface area contributed by atoms with E-state index in [0.29, 0.717) is 11.6 Å². The van der Waals surface area contributed by atoms with Crippen molar-refractivity contribution < 1.29 is 4.74 Å². The molecule has 112 valence electrons. The number of ether oxygens (including phenoxy) is 1. The topological polar surface area (TPSA) is 35.2 Å². The number of rotatable bonds is 5. The third-order valence-corrected chi connectivity index (χ3v) is 4.25. The minimum Gasteiger partial charge on any atom is -0.489 e. The summed E-state index contributed by atoms with van der Waals surface area (Å²) in [6, 6.07) is 14.6. The van der Waals surface area contributed by atoms with Crippen LogP contribution in [-0.4, -0.2) is 6.10 Å². The number of para-hydroxylation sites is 1. The molecule has 0 saturated carbocycles. The maximum absolute atomic E-state index is 6.21. The first-order valence-electron chi connectivity index (χ1n) is 7.30. The Kier molecular flexibility index (Phi) is 5.18. The highest BCUT2D eigenvalue weighted by molar-refractivity contribution is 7.99. The highest BCUT2D eigenvalue weighted by Crippen LogP contribution is 2.37. The zero-order chi connectivity index (χ0) is 15.4. The first-order chi connectivity index (χ1) is 9.97. The Morgan fingerprint density at radius 1 is 0.952 bits per heavy atom. The van der Waals surface area contributed by atoms with E-state index >= 15 is 0 Å². The summed E-state index contributed by atoms with van der Waals surface area (Å²) in [5, 5.41) is 0. The molecule has 0 fully saturated rings. The zero-order valence-corrected chi connectivity index (χ0v) is 13.9. The summed E-state index contributed by atoms with van der Waals surface area (Å²) in [5.74, 6) is 1.31. The molecule has 0 aliphatic heterocycles. The molecular formula is C18H23NOS. The summed E-state index contributed by atoms with van der Waals surface area (Å²) in [4.78, 5) is 2.22. The van der Waals surface area contributed by atoms with Gasteiger partial charge in [-0.15, -0.1) is 0 Å². The molecule has 2 rings (SSSR count). The number of benzene rings is 2. The smallest absolute Gasteiger partial charge is 0.143 e. The van der Waals surface area contributed by atoms with Gasteiger partial charge in [-0.25, -0.2) is 0 Å². The molecule has 21 heavy (non-hydrogen) atoms. The molecule has 0 aliphatic rings. The van der Waals surface area contributed by atoms with Crippen LogP contribution in [0.25, 0.3) is 0 Å². The molecule has 0 unspecified atom stereocenters. The van der Waals surface area contributed by atoms with Crippen molar-refractivity contribution in [3.05, 3.63) is 48.0 Å². The van der Waals surface area contributed by atoms with E-state index in [2.05, 4.69) is 38.1 Å². The van der Waals surface area contributed by atoms with Gasteiger partial charge in [0.1, 0.15) is 5.75 Å². The SMILES string of the molecule is CC(C)Oc1cccc(Sc2ccc(C(C)C)cc2)c1N. The van der Waals surface area contributed by atoms with Crippen LogP contribution in [0, 0.1) is 0 Å². The number of hydrogen-bond acceptors (Lipinski definition) is 3. The predicted octanol–water partition coefficient (Wildman–Crippen LogP) is 5.33. The predicted molar refractivity (Wildman–Crippen MR) is 91.3 cm³/mol. The van der Waals surface area contributed by atoms with E-state index in [9.17, 15) is 0 Å². The van der Waals surface area contributed by atoms with E-state index in [1.165, 1.54) is 10.5 Å². The third kappa shape index (κ3) is 4.18. The van der Waals surface area contributed by atoms with Gasteiger partial charge < -0.3 is 10.5 Å². The normalized spacial score (nSPS) is 11.1. The van der Waals surface area contributed by atoms with E-state index in [1.807, 2.05) is 32.0 Å². The third-order valence-electron chi connectivity index (χ3n) is 3.16. The van der Waals surface area contributed by atoms with Crippen LogP contribution >= 0.6 is 11.8 Å². The molecular weight excluding hydrogens is 278 g/mol. The maximum atomic E-state index is 6.21. The quantitative estimate of drug-likeness (QED) is 0.758. The number of nitrogen functional groups attached to an aromatic ring is 1. The Hall–Kier alpha value is -1.61. The number of hydrogen-bond donors (Lipinski definition) is 1. The van der Waals surface area contributed by atoms with E-state index in [0.717, 1.165) is 10.6 Å². The molecule has 0 heterocycles. The second kappa shape index (κ2) is 6.90. The fraction of sp³-hybridized carbons (Fsp3) is 0.333. The second-order valence-electron chi connectivity index (χ2n) is 5.66. The van der Waals surface area contributed by atoms with Crippen molar-refractivity contribution in [2.75, 3.05) is 5.73 Å². The van der Waals surface area contributed by atoms with Crippen molar-refractivity contribution in [2.24, 2.45) is 0 Å². The molecule has 2 nitrogen and oxygen atoms in total. The van der Waals surface area contributed by atoms with Crippen LogP contribution in [0.4, 0.5) is 5.69 Å². The van der Waals surface area contributed by atoms with Crippen molar-refractivity contribution >= 4 is 17.4 Å². The lowest BCUT2D eigenvalue weighted by atomic mass is 10.0. The van der Waals surface area contributed by atoms with Crippen LogP contribution in [-0.2, 0) is 0 Å². The lowest BCUT2D eigenvalue weighted by Gasteiger charge is -2.14. The Labute approximate surface area is 131 Å². The molecule has 3 heteroatoms. The van der Waals surface area contributed by atoms with Crippen LogP contribution < -0.4 is 10.5 Å². The van der Waals surface area contributed by atoms with Crippen LogP contribution in [0.1, 0.15) is 39.2 Å². The first kappa shape index (κ1) is 15.8. The average Bonchev–Trinajstić information content (AvgIpc) is 2.43. The standard InChI is InChI=1S/C18H23NOS/c1-12(2)14-8-10-15(11-9-14)21-17-7-5-6-16(18(17)19)20-13(3)4/h5-13H,19H2,1-4H3. The minimum absolute atomic E-state index is 0.123. The van der Waals surface area contributed by atoms with Crippen molar-refractivity contribution in [3.63, 3.8) is 0 Å². The Morgan fingerprint density at radius 3 is 2.19 bits per heavy atom. The molecule has 2 N–H and O–H groups in total. The van der Waals surface area contributed by atoms with Gasteiger partial charge in [0.2, 0.25) is 0 Å². The molecule has 0 spiro atoms. The summed E-state index contributed by atoms with van der Waals surface area (Å²) in [5.41, 5.74) is 8.28. The van der Waals surface area contributed by atoms with Crippen LogP contribution in [0.5, 0.6) is 5.75 Å². The molecule has 0 aliphatic carbocycles. The number of anilines is 1. The summed E-state index contributed by atoms with van der Waals surface area (Å²) < 4.78 is 5.74. The van der Waals surface area contributed by atoms with Gasteiger partial charge in [0, 0.05) is 9.79 Å². The van der Waals surface area contributed by atoms with Crippen LogP contribution in [0.2, 0.25) is 0 Å². The molecule has 0 saturated heterocycles. The minimum atomic E-state index is 0.123. The Balaban J connectivity index is 2.19. The summed E-state index contributed by atoms with van der Waals surface area (Å²) in [6.45, 7) is 8.41. The van der Waals surface area contributed by atoms with E-state index < -0.39 is 0 Å². The summed E-state index contributed by atoms with van der Waals surface area (Å²) in [7, 11) is 0. The zero-order valence-electron chi connectivity index (χ0n) is 13.1. The summed E-state index contributed by atoms with van der Waals surface area (Å²) >= 11 is 1.67. The molecule has 0 amide bonds. The van der Waals surface area contributed by atoms with Gasteiger partial charge in [0.05, 0.1) is 11.8 Å². The van der Waals surface area contributed by atoms with Gasteiger partial charge in [0.25, 0.3) is 0 Å². The van der Waals surface area contributed by atoms with Gasteiger partial charge >= 0.3 is 0 Å². The van der Waals surface area contributed by atoms with E-state index in [-0.39, 0.29) is 6.10 Å². The van der Waals surface area contributed by atoms with Crippen LogP contribution in [0.15, 0.2) is 52.3 Å². The maximum Gasteiger partial charge on any atom is 0.143 e. The van der Waals surface area contributed by atoms with Crippen molar-refractivity contribution in [3.8, 4) is 5.75 Å². The molecule has 0 aromatic heterocycles. The molecule has 2 aromatic rings. The fourth-order valence-corrected chi connectivity index (χ4v) is 2.90. The highest BCUT2D eigenvalue weighted by atomic mass is 32.2. The molecule has 2 aromatic carbocycles. The van der Waals surface area contributed by atoms with Gasteiger partial charge in [-0.1, -0.05) is 43.8 Å². The first-order valence-corrected chi connectivity index (χ1v) is 8.12. The summed E-state index contributed by atoms with van der Waals surface area (Å²) in [6.07, 6.45) is 0.123. The van der Waals surface area contributed by atoms with Gasteiger partial charge in [0.15, 0.2) is 0 Å². The van der Waals surface area contributed by atoms with Crippen molar-refractivity contribution in [2.45, 2.75) is 49.5 Å². The van der Waals surface area contributed by atoms with Crippen LogP contribution in [0.3, 0.4) is 0 Å². The number of nitrogens with two attached hydrogens (primary N) is 1. The average molecular weight is 301 g/mol. The molecule has 0 radical (unpaired) electrons. The van der Waals surface area contributed by atoms with Crippen molar-refractivity contribution in [1.29, 1.82) is 0 Å². The van der Waals surface area contributed by atoms with Gasteiger partial charge in [-0.05, 0) is 49.6 Å². The fourth-order valence-electron chi connectivity index (χ4n) is 2.02. The molecule has 0 atom stereocenters. The van der Waals surface area contributed by atoms with Crippen molar-refractivity contribution in [1.82, 2.24) is 0 Å². The lowest BCUT2D eigenvalue weighted by Crippen LogP contribution is -2.07. The van der Waals surface area contributed by atoms with Gasteiger partial charge in [-0.3, -0.25) is 0 Å². The highest BCUT2D eigenvalue weighted by Gasteiger charge is 2.09. The largest absolute Gasteiger partial charge is 0.489 e. The Morgan fingerprint density at radius 2 is 1.62 bits per heavy atom. The second-order valence-corrected chi connectivity index (χ2v) is 6.78. The Bertz CT molecular complexity index is 591.